The summed E-state index contributed by atoms with van der Waals surface area (Å²) in [5.74, 6) is -1.39. The first-order valence-electron chi connectivity index (χ1n) is 11.7. The second kappa shape index (κ2) is 11.4. The first kappa shape index (κ1) is 24.8. The van der Waals surface area contributed by atoms with Crippen LogP contribution in [0.5, 0.6) is 0 Å². The van der Waals surface area contributed by atoms with Gasteiger partial charge >= 0.3 is 24.0 Å². The highest BCUT2D eigenvalue weighted by Crippen LogP contribution is 2.28. The third kappa shape index (κ3) is 5.85. The Morgan fingerprint density at radius 2 is 1.94 bits per heavy atom. The molecule has 11 heteroatoms. The lowest BCUT2D eigenvalue weighted by atomic mass is 9.98. The van der Waals surface area contributed by atoms with E-state index in [2.05, 4.69) is 16.0 Å². The SMILES string of the molecule is CCOC(=O)C1=C(COC(=O)C2CCCN(C(=O)Nc3ccccc3)C2)NC(=O)NC1c1ccco1. The predicted molar refractivity (Wildman–Crippen MR) is 127 cm³/mol. The molecule has 2 aliphatic rings. The normalized spacial score (nSPS) is 19.7. The van der Waals surface area contributed by atoms with Gasteiger partial charge in [0.1, 0.15) is 18.4 Å². The Morgan fingerprint density at radius 3 is 2.67 bits per heavy atom. The first-order chi connectivity index (χ1) is 17.5. The Kier molecular flexibility index (Phi) is 7.89. The molecule has 2 aliphatic heterocycles. The van der Waals surface area contributed by atoms with Crippen LogP contribution >= 0.6 is 0 Å². The Labute approximate surface area is 207 Å². The Morgan fingerprint density at radius 1 is 1.14 bits per heavy atom. The molecule has 1 saturated heterocycles. The summed E-state index contributed by atoms with van der Waals surface area (Å²) >= 11 is 0. The molecule has 2 atom stereocenters. The average molecular weight is 497 g/mol. The summed E-state index contributed by atoms with van der Waals surface area (Å²) in [6, 6.07) is 10.6. The highest BCUT2D eigenvalue weighted by atomic mass is 16.5. The molecule has 190 valence electrons. The fraction of sp³-hybridized carbons (Fsp3) is 0.360. The minimum absolute atomic E-state index is 0.0895. The Bertz CT molecular complexity index is 1130. The zero-order chi connectivity index (χ0) is 25.5. The molecule has 4 amide bonds. The van der Waals surface area contributed by atoms with E-state index in [1.165, 1.54) is 6.26 Å². The maximum Gasteiger partial charge on any atom is 0.338 e. The maximum atomic E-state index is 12.9. The monoisotopic (exact) mass is 496 g/mol. The molecule has 0 saturated carbocycles. The first-order valence-corrected chi connectivity index (χ1v) is 11.7. The summed E-state index contributed by atoms with van der Waals surface area (Å²) in [4.78, 5) is 52.1. The number of likely N-dealkylation sites (tertiary alicyclic amines) is 1. The van der Waals surface area contributed by atoms with Gasteiger partial charge in [0, 0.05) is 18.8 Å². The number of hydrogen-bond donors (Lipinski definition) is 3. The van der Waals surface area contributed by atoms with E-state index in [1.807, 2.05) is 18.2 Å². The number of urea groups is 2. The zero-order valence-electron chi connectivity index (χ0n) is 19.8. The van der Waals surface area contributed by atoms with Gasteiger partial charge in [-0.1, -0.05) is 18.2 Å². The van der Waals surface area contributed by atoms with Crippen LogP contribution in [-0.2, 0) is 19.1 Å². The van der Waals surface area contributed by atoms with Gasteiger partial charge in [-0.05, 0) is 44.0 Å². The molecule has 0 spiro atoms. The Balaban J connectivity index is 1.43. The van der Waals surface area contributed by atoms with Crippen molar-refractivity contribution < 1.29 is 33.1 Å². The van der Waals surface area contributed by atoms with Crippen LogP contribution < -0.4 is 16.0 Å². The molecule has 3 N–H and O–H groups in total. The van der Waals surface area contributed by atoms with Gasteiger partial charge in [0.15, 0.2) is 0 Å². The van der Waals surface area contributed by atoms with Gasteiger partial charge in [-0.15, -0.1) is 0 Å². The van der Waals surface area contributed by atoms with Crippen molar-refractivity contribution in [3.63, 3.8) is 0 Å². The van der Waals surface area contributed by atoms with Gasteiger partial charge in [0.2, 0.25) is 0 Å². The number of amides is 4. The quantitative estimate of drug-likeness (QED) is 0.501. The number of ether oxygens (including phenoxy) is 2. The number of benzene rings is 1. The van der Waals surface area contributed by atoms with Crippen LogP contribution in [0.3, 0.4) is 0 Å². The standard InChI is InChI=1S/C25H28N4O7/c1-2-34-23(31)20-18(27-24(32)28-21(20)19-11-7-13-35-19)15-36-22(30)16-8-6-12-29(14-16)25(33)26-17-9-4-3-5-10-17/h3-5,7,9-11,13,16,21H,2,6,8,12,14-15H2,1H3,(H,26,33)(H2,27,28,32). The van der Waals surface area contributed by atoms with Crippen LogP contribution in [-0.4, -0.2) is 55.2 Å². The van der Waals surface area contributed by atoms with E-state index in [9.17, 15) is 19.2 Å². The van der Waals surface area contributed by atoms with Gasteiger partial charge < -0.3 is 34.7 Å². The molecule has 0 aliphatic carbocycles. The lowest BCUT2D eigenvalue weighted by molar-refractivity contribution is -0.149. The van der Waals surface area contributed by atoms with Crippen LogP contribution in [0, 0.1) is 5.92 Å². The minimum Gasteiger partial charge on any atom is -0.467 e. The van der Waals surface area contributed by atoms with Gasteiger partial charge in [0.05, 0.1) is 30.1 Å². The summed E-state index contributed by atoms with van der Waals surface area (Å²) in [5, 5.41) is 8.00. The van der Waals surface area contributed by atoms with Crippen LogP contribution in [0.1, 0.15) is 31.6 Å². The highest BCUT2D eigenvalue weighted by molar-refractivity contribution is 5.95. The number of carbonyl (C=O) groups is 4. The van der Waals surface area contributed by atoms with Gasteiger partial charge in [-0.2, -0.15) is 0 Å². The average Bonchev–Trinajstić information content (AvgIpc) is 3.43. The Hall–Kier alpha value is -4.28. The van der Waals surface area contributed by atoms with Crippen LogP contribution in [0.15, 0.2) is 64.4 Å². The number of esters is 2. The van der Waals surface area contributed by atoms with Gasteiger partial charge in [-0.3, -0.25) is 4.79 Å². The summed E-state index contributed by atoms with van der Waals surface area (Å²) in [6.07, 6.45) is 2.62. The lowest BCUT2D eigenvalue weighted by Crippen LogP contribution is -2.47. The predicted octanol–water partition coefficient (Wildman–Crippen LogP) is 2.94. The molecule has 0 bridgehead atoms. The van der Waals surface area contributed by atoms with E-state index >= 15 is 0 Å². The fourth-order valence-corrected chi connectivity index (χ4v) is 4.19. The van der Waals surface area contributed by atoms with Crippen molar-refractivity contribution in [2.24, 2.45) is 5.92 Å². The van der Waals surface area contributed by atoms with Crippen molar-refractivity contribution in [1.82, 2.24) is 15.5 Å². The minimum atomic E-state index is -0.895. The number of piperidine rings is 1. The topological polar surface area (TPSA) is 139 Å². The molecular formula is C25H28N4O7. The number of anilines is 1. The second-order valence-electron chi connectivity index (χ2n) is 8.35. The number of para-hydroxylation sites is 1. The number of furan rings is 1. The molecule has 4 rings (SSSR count). The lowest BCUT2D eigenvalue weighted by Gasteiger charge is -2.32. The molecular weight excluding hydrogens is 468 g/mol. The number of nitrogens with zero attached hydrogens (tertiary/aromatic N) is 1. The van der Waals surface area contributed by atoms with Crippen molar-refractivity contribution in [3.05, 3.63) is 65.8 Å². The summed E-state index contributed by atoms with van der Waals surface area (Å²) < 4.78 is 16.1. The van der Waals surface area contributed by atoms with Crippen molar-refractivity contribution in [2.75, 3.05) is 31.6 Å². The molecule has 11 nitrogen and oxygen atoms in total. The molecule has 1 aromatic heterocycles. The van der Waals surface area contributed by atoms with E-state index in [4.69, 9.17) is 13.9 Å². The van der Waals surface area contributed by atoms with E-state index in [-0.39, 0.29) is 37.1 Å². The van der Waals surface area contributed by atoms with E-state index in [0.717, 1.165) is 0 Å². The smallest absolute Gasteiger partial charge is 0.338 e. The molecule has 1 aromatic carbocycles. The molecule has 36 heavy (non-hydrogen) atoms. The van der Waals surface area contributed by atoms with Crippen molar-refractivity contribution in [2.45, 2.75) is 25.8 Å². The van der Waals surface area contributed by atoms with Crippen molar-refractivity contribution in [1.29, 1.82) is 0 Å². The van der Waals surface area contributed by atoms with Crippen LogP contribution in [0.4, 0.5) is 15.3 Å². The zero-order valence-corrected chi connectivity index (χ0v) is 19.8. The fourth-order valence-electron chi connectivity index (χ4n) is 4.19. The maximum absolute atomic E-state index is 12.9. The number of nitrogens with one attached hydrogen (secondary N) is 3. The third-order valence-corrected chi connectivity index (χ3v) is 5.90. The molecule has 2 unspecified atom stereocenters. The largest absolute Gasteiger partial charge is 0.467 e. The van der Waals surface area contributed by atoms with Gasteiger partial charge in [-0.25, -0.2) is 14.4 Å². The molecule has 2 aromatic rings. The summed E-state index contributed by atoms with van der Waals surface area (Å²) in [7, 11) is 0. The highest BCUT2D eigenvalue weighted by Gasteiger charge is 2.36. The van der Waals surface area contributed by atoms with E-state index in [0.29, 0.717) is 30.8 Å². The van der Waals surface area contributed by atoms with Gasteiger partial charge in [0.25, 0.3) is 0 Å². The summed E-state index contributed by atoms with van der Waals surface area (Å²) in [6.45, 7) is 2.16. The van der Waals surface area contributed by atoms with Crippen molar-refractivity contribution in [3.8, 4) is 0 Å². The molecule has 3 heterocycles. The van der Waals surface area contributed by atoms with Crippen molar-refractivity contribution >= 4 is 29.7 Å². The van der Waals surface area contributed by atoms with Crippen LogP contribution in [0.25, 0.3) is 0 Å². The van der Waals surface area contributed by atoms with E-state index < -0.39 is 29.9 Å². The number of hydrogen-bond acceptors (Lipinski definition) is 7. The molecule has 1 fully saturated rings. The molecule has 0 radical (unpaired) electrons. The second-order valence-corrected chi connectivity index (χ2v) is 8.35. The number of carbonyl (C=O) groups excluding carboxylic acids is 4. The summed E-state index contributed by atoms with van der Waals surface area (Å²) in [5.41, 5.74) is 0.867. The van der Waals surface area contributed by atoms with E-state index in [1.54, 1.807) is 36.1 Å². The number of rotatable bonds is 7. The third-order valence-electron chi connectivity index (χ3n) is 5.90. The van der Waals surface area contributed by atoms with Crippen LogP contribution in [0.2, 0.25) is 0 Å².